The molecular weight excluding hydrogens is 332 g/mol. The number of fused-ring (bicyclic) bond motifs is 5. The fourth-order valence-electron chi connectivity index (χ4n) is 7.94. The van der Waals surface area contributed by atoms with Crippen LogP contribution < -0.4 is 0 Å². The molecule has 0 aliphatic heterocycles. The predicted molar refractivity (Wildman–Crippen MR) is 95.6 cm³/mol. The number of Topliss-reactive ketones (excluding diaryl/α,β-unsaturated/α-hetero) is 1. The van der Waals surface area contributed by atoms with Gasteiger partial charge < -0.3 is 20.4 Å². The van der Waals surface area contributed by atoms with Crippen LogP contribution in [0.25, 0.3) is 0 Å². The van der Waals surface area contributed by atoms with E-state index in [-0.39, 0.29) is 34.4 Å². The molecule has 0 saturated heterocycles. The molecule has 4 rings (SSSR count). The molecule has 26 heavy (non-hydrogen) atoms. The van der Waals surface area contributed by atoms with Crippen LogP contribution in [0.2, 0.25) is 0 Å². The molecule has 0 heterocycles. The third kappa shape index (κ3) is 2.54. The van der Waals surface area contributed by atoms with Crippen LogP contribution in [0, 0.1) is 40.4 Å². The summed E-state index contributed by atoms with van der Waals surface area (Å²) in [5.74, 6) is -2.52. The minimum absolute atomic E-state index is 0.0159. The highest BCUT2D eigenvalue weighted by molar-refractivity contribution is 5.84. The molecule has 5 nitrogen and oxygen atoms in total. The number of ketones is 1. The molecule has 0 aromatic rings. The number of hydrogen-bond donors (Lipinski definition) is 4. The van der Waals surface area contributed by atoms with Crippen molar-refractivity contribution in [3.63, 3.8) is 0 Å². The molecule has 1 unspecified atom stereocenters. The molecule has 0 amide bonds. The first-order valence-corrected chi connectivity index (χ1v) is 10.3. The van der Waals surface area contributed by atoms with Crippen LogP contribution >= 0.6 is 0 Å². The highest BCUT2D eigenvalue weighted by atomic mass is 16.5. The van der Waals surface area contributed by atoms with E-state index in [4.69, 9.17) is 0 Å². The fourth-order valence-corrected chi connectivity index (χ4v) is 7.94. The number of carbonyl (C=O) groups excluding carboxylic acids is 1. The second-order valence-electron chi connectivity index (χ2n) is 10.6. The second-order valence-corrected chi connectivity index (χ2v) is 10.6. The van der Waals surface area contributed by atoms with Gasteiger partial charge >= 0.3 is 0 Å². The summed E-state index contributed by atoms with van der Waals surface area (Å²) in [5.41, 5.74) is -0.498. The van der Waals surface area contributed by atoms with E-state index in [9.17, 15) is 25.2 Å². The highest BCUT2D eigenvalue weighted by Gasteiger charge is 2.65. The van der Waals surface area contributed by atoms with Crippen molar-refractivity contribution in [2.75, 3.05) is 0 Å². The normalized spacial score (nSPS) is 50.7. The van der Waals surface area contributed by atoms with Gasteiger partial charge in [0.25, 0.3) is 0 Å². The Morgan fingerprint density at radius 1 is 1.00 bits per heavy atom. The van der Waals surface area contributed by atoms with Gasteiger partial charge in [0, 0.05) is 31.1 Å². The van der Waals surface area contributed by atoms with Crippen molar-refractivity contribution in [2.24, 2.45) is 40.4 Å². The Labute approximate surface area is 155 Å². The first-order chi connectivity index (χ1) is 11.9. The monoisotopic (exact) mass is 366 g/mol. The van der Waals surface area contributed by atoms with Crippen LogP contribution in [0.1, 0.15) is 72.1 Å². The number of hydrogen-bond acceptors (Lipinski definition) is 5. The number of rotatable bonds is 1. The maximum Gasteiger partial charge on any atom is 0.163 e. The van der Waals surface area contributed by atoms with E-state index in [1.807, 2.05) is 0 Å². The molecule has 148 valence electrons. The Hall–Kier alpha value is -0.490. The maximum absolute atomic E-state index is 13.4. The molecule has 4 saturated carbocycles. The van der Waals surface area contributed by atoms with Crippen molar-refractivity contribution in [2.45, 2.75) is 83.7 Å². The lowest BCUT2D eigenvalue weighted by Crippen LogP contribution is -2.60. The fraction of sp³-hybridized carbons (Fsp3) is 0.952. The van der Waals surface area contributed by atoms with E-state index in [0.29, 0.717) is 37.5 Å². The molecule has 4 N–H and O–H groups in total. The van der Waals surface area contributed by atoms with Gasteiger partial charge in [-0.1, -0.05) is 13.8 Å². The Morgan fingerprint density at radius 3 is 2.35 bits per heavy atom. The van der Waals surface area contributed by atoms with Crippen LogP contribution in [-0.4, -0.2) is 37.8 Å². The first kappa shape index (κ1) is 18.9. The van der Waals surface area contributed by atoms with Gasteiger partial charge in [0.2, 0.25) is 0 Å². The zero-order valence-electron chi connectivity index (χ0n) is 16.2. The molecule has 0 spiro atoms. The molecule has 4 fully saturated rings. The lowest BCUT2D eigenvalue weighted by atomic mass is 9.44. The zero-order chi connectivity index (χ0) is 19.1. The maximum atomic E-state index is 13.4. The van der Waals surface area contributed by atoms with Crippen molar-refractivity contribution in [1.29, 1.82) is 0 Å². The van der Waals surface area contributed by atoms with Crippen molar-refractivity contribution in [3.05, 3.63) is 0 Å². The van der Waals surface area contributed by atoms with Gasteiger partial charge in [0.15, 0.2) is 11.6 Å². The van der Waals surface area contributed by atoms with Gasteiger partial charge in [0.1, 0.15) is 5.78 Å². The summed E-state index contributed by atoms with van der Waals surface area (Å²) in [7, 11) is 0. The minimum Gasteiger partial charge on any atom is -0.366 e. The third-order valence-electron chi connectivity index (χ3n) is 9.05. The van der Waals surface area contributed by atoms with Gasteiger partial charge in [-0.2, -0.15) is 0 Å². The van der Waals surface area contributed by atoms with Gasteiger partial charge in [0.05, 0.1) is 0 Å². The van der Waals surface area contributed by atoms with E-state index < -0.39 is 11.6 Å². The minimum atomic E-state index is -1.74. The Balaban J connectivity index is 1.67. The summed E-state index contributed by atoms with van der Waals surface area (Å²) in [4.78, 5) is 13.4. The van der Waals surface area contributed by atoms with Gasteiger partial charge in [-0.05, 0) is 67.6 Å². The molecule has 7 atom stereocenters. The lowest BCUT2D eigenvalue weighted by Gasteiger charge is -2.60. The largest absolute Gasteiger partial charge is 0.366 e. The summed E-state index contributed by atoms with van der Waals surface area (Å²) in [6.07, 6.45) is 5.40. The Bertz CT molecular complexity index is 608. The molecule has 0 radical (unpaired) electrons. The van der Waals surface area contributed by atoms with Crippen molar-refractivity contribution in [3.8, 4) is 0 Å². The van der Waals surface area contributed by atoms with E-state index in [1.165, 1.54) is 6.92 Å². The van der Waals surface area contributed by atoms with Crippen LogP contribution in [0.5, 0.6) is 0 Å². The number of carbonyl (C=O) groups is 1. The summed E-state index contributed by atoms with van der Waals surface area (Å²) in [6.45, 7) is 5.75. The topological polar surface area (TPSA) is 98.0 Å². The van der Waals surface area contributed by atoms with Gasteiger partial charge in [-0.25, -0.2) is 0 Å². The highest BCUT2D eigenvalue weighted by Crippen LogP contribution is 2.67. The molecule has 0 bridgehead atoms. The molecule has 0 aromatic carbocycles. The Kier molecular flexibility index (Phi) is 4.01. The standard InChI is InChI=1S/C21H34O5/c1-18-8-9-21(25,26)10-12(18)4-5-13-14-6-7-16(20(3,23)24)19(14,2)11-15(22)17(13)18/h12-14,16-17,23-26H,4-11H2,1-3H3/t12?,13-,14-,16-,17+,18-,19-/m0/s1. The summed E-state index contributed by atoms with van der Waals surface area (Å²) in [5, 5.41) is 40.8. The second kappa shape index (κ2) is 5.53. The van der Waals surface area contributed by atoms with Crippen LogP contribution in [0.4, 0.5) is 0 Å². The average molecular weight is 366 g/mol. The SMILES string of the molecule is CC(O)(O)[C@H]1CC[C@H]2[C@@H]3CCC4CC(O)(O)CC[C@]4(C)[C@H]3C(=O)C[C@]12C. The van der Waals surface area contributed by atoms with Gasteiger partial charge in [-0.3, -0.25) is 4.79 Å². The van der Waals surface area contributed by atoms with Crippen LogP contribution in [0.3, 0.4) is 0 Å². The van der Waals surface area contributed by atoms with Crippen molar-refractivity contribution >= 4 is 5.78 Å². The molecule has 0 aromatic heterocycles. The van der Waals surface area contributed by atoms with E-state index in [1.54, 1.807) is 0 Å². The van der Waals surface area contributed by atoms with E-state index in [2.05, 4.69) is 13.8 Å². The quantitative estimate of drug-likeness (QED) is 0.534. The van der Waals surface area contributed by atoms with E-state index >= 15 is 0 Å². The Morgan fingerprint density at radius 2 is 1.69 bits per heavy atom. The summed E-state index contributed by atoms with van der Waals surface area (Å²) < 4.78 is 0. The smallest absolute Gasteiger partial charge is 0.163 e. The summed E-state index contributed by atoms with van der Waals surface area (Å²) in [6, 6.07) is 0. The average Bonchev–Trinajstić information content (AvgIpc) is 2.84. The summed E-state index contributed by atoms with van der Waals surface area (Å²) >= 11 is 0. The van der Waals surface area contributed by atoms with E-state index in [0.717, 1.165) is 25.7 Å². The van der Waals surface area contributed by atoms with Crippen LogP contribution in [0.15, 0.2) is 0 Å². The van der Waals surface area contributed by atoms with Gasteiger partial charge in [-0.15, -0.1) is 0 Å². The molecule has 4 aliphatic rings. The van der Waals surface area contributed by atoms with Crippen LogP contribution in [-0.2, 0) is 4.79 Å². The first-order valence-electron chi connectivity index (χ1n) is 10.3. The molecular formula is C21H34O5. The molecule has 5 heteroatoms. The van der Waals surface area contributed by atoms with Crippen molar-refractivity contribution < 1.29 is 25.2 Å². The van der Waals surface area contributed by atoms with Crippen molar-refractivity contribution in [1.82, 2.24) is 0 Å². The predicted octanol–water partition coefficient (Wildman–Crippen LogP) is 2.21. The molecule has 4 aliphatic carbocycles. The third-order valence-corrected chi connectivity index (χ3v) is 9.05. The lowest BCUT2D eigenvalue weighted by molar-refractivity contribution is -0.238. The zero-order valence-corrected chi connectivity index (χ0v) is 16.2. The number of aliphatic hydroxyl groups is 4.